The molecule has 2 heteroatoms. The molecule has 0 radical (unpaired) electrons. The molecule has 0 aromatic rings. The highest BCUT2D eigenvalue weighted by Gasteiger charge is 2.00. The molecule has 0 amide bonds. The summed E-state index contributed by atoms with van der Waals surface area (Å²) in [6.07, 6.45) is 1.13. The Morgan fingerprint density at radius 2 is 2.86 bits per heavy atom. The van der Waals surface area contributed by atoms with E-state index in [9.17, 15) is 0 Å². The molecule has 1 nitrogen and oxygen atoms in total. The van der Waals surface area contributed by atoms with Gasteiger partial charge in [0, 0.05) is 17.5 Å². The lowest BCUT2D eigenvalue weighted by atomic mass is 10.3. The fourth-order valence-electron chi connectivity index (χ4n) is 0.431. The molecule has 0 unspecified atom stereocenters. The van der Waals surface area contributed by atoms with Crippen molar-refractivity contribution < 1.29 is 4.18 Å². The first-order chi connectivity index (χ1) is 3.43. The Balaban J connectivity index is 2.36. The molecule has 0 bridgehead atoms. The summed E-state index contributed by atoms with van der Waals surface area (Å²) >= 11 is 1.44. The van der Waals surface area contributed by atoms with E-state index in [0.29, 0.717) is 0 Å². The third kappa shape index (κ3) is 1.21. The maximum Gasteiger partial charge on any atom is 0.0837 e. The van der Waals surface area contributed by atoms with Crippen LogP contribution in [0.15, 0.2) is 11.0 Å². The van der Waals surface area contributed by atoms with Gasteiger partial charge >= 0.3 is 0 Å². The largest absolute Gasteiger partial charge is 0.306 e. The number of hydrogen-bond donors (Lipinski definition) is 0. The van der Waals surface area contributed by atoms with Crippen molar-refractivity contribution in [2.24, 2.45) is 0 Å². The van der Waals surface area contributed by atoms with Crippen molar-refractivity contribution >= 4 is 12.0 Å². The Morgan fingerprint density at radius 3 is 3.14 bits per heavy atom. The van der Waals surface area contributed by atoms with Crippen molar-refractivity contribution in [2.75, 3.05) is 6.61 Å². The number of hydrogen-bond acceptors (Lipinski definition) is 2. The van der Waals surface area contributed by atoms with E-state index in [1.807, 2.05) is 0 Å². The minimum atomic E-state index is 0.834. The summed E-state index contributed by atoms with van der Waals surface area (Å²) in [7, 11) is 0. The molecule has 0 saturated heterocycles. The summed E-state index contributed by atoms with van der Waals surface area (Å²) in [4.78, 5) is 0. The van der Waals surface area contributed by atoms with Crippen molar-refractivity contribution in [1.29, 1.82) is 0 Å². The summed E-state index contributed by atoms with van der Waals surface area (Å²) < 4.78 is 4.97. The molecule has 0 aliphatic carbocycles. The van der Waals surface area contributed by atoms with E-state index >= 15 is 0 Å². The molecular weight excluding hydrogens is 108 g/mol. The molecule has 1 rings (SSSR count). The fourth-order valence-corrected chi connectivity index (χ4v) is 1.09. The fraction of sp³-hybridized carbons (Fsp3) is 0.600. The molecule has 0 atom stereocenters. The van der Waals surface area contributed by atoms with E-state index in [-0.39, 0.29) is 0 Å². The van der Waals surface area contributed by atoms with Crippen LogP contribution in [-0.2, 0) is 4.18 Å². The van der Waals surface area contributed by atoms with Gasteiger partial charge < -0.3 is 4.18 Å². The lowest BCUT2D eigenvalue weighted by Crippen LogP contribution is -1.81. The Kier molecular flexibility index (Phi) is 1.77. The van der Waals surface area contributed by atoms with Crippen molar-refractivity contribution in [1.82, 2.24) is 0 Å². The third-order valence-electron chi connectivity index (χ3n) is 0.981. The zero-order valence-corrected chi connectivity index (χ0v) is 5.12. The van der Waals surface area contributed by atoms with Crippen LogP contribution in [0.5, 0.6) is 0 Å². The van der Waals surface area contributed by atoms with Gasteiger partial charge in [-0.05, 0) is 12.0 Å². The molecular formula is C5H8OS. The molecule has 0 fully saturated rings. The minimum absolute atomic E-state index is 0.834. The highest BCUT2D eigenvalue weighted by molar-refractivity contribution is 7.97. The van der Waals surface area contributed by atoms with Gasteiger partial charge in [0.1, 0.15) is 0 Å². The summed E-state index contributed by atoms with van der Waals surface area (Å²) in [5, 5.41) is 2.07. The zero-order chi connectivity index (χ0) is 5.11. The second kappa shape index (κ2) is 2.38. The van der Waals surface area contributed by atoms with Gasteiger partial charge in [-0.2, -0.15) is 0 Å². The Bertz CT molecular complexity index is 88.1. The van der Waals surface area contributed by atoms with E-state index in [0.717, 1.165) is 13.0 Å². The Morgan fingerprint density at radius 1 is 2.00 bits per heavy atom. The highest BCUT2D eigenvalue weighted by atomic mass is 32.2. The Hall–Kier alpha value is 0.0500. The maximum atomic E-state index is 4.97. The molecule has 1 aliphatic heterocycles. The van der Waals surface area contributed by atoms with Gasteiger partial charge in [0.25, 0.3) is 0 Å². The standard InChI is InChI=1S/C5H8OS/c1-2-5-3-6-7-4-5/h4H,2-3H2,1H3. The Labute approximate surface area is 47.9 Å². The van der Waals surface area contributed by atoms with Crippen LogP contribution in [0.4, 0.5) is 0 Å². The molecule has 0 aromatic heterocycles. The van der Waals surface area contributed by atoms with Gasteiger partial charge in [-0.15, -0.1) is 0 Å². The van der Waals surface area contributed by atoms with Gasteiger partial charge in [0.05, 0.1) is 6.61 Å². The van der Waals surface area contributed by atoms with E-state index in [1.165, 1.54) is 17.6 Å². The van der Waals surface area contributed by atoms with Crippen LogP contribution in [0.3, 0.4) is 0 Å². The van der Waals surface area contributed by atoms with Crippen molar-refractivity contribution in [3.63, 3.8) is 0 Å². The first kappa shape index (κ1) is 5.19. The second-order valence-corrected chi connectivity index (χ2v) is 2.15. The predicted molar refractivity (Wildman–Crippen MR) is 31.9 cm³/mol. The predicted octanol–water partition coefficient (Wildman–Crippen LogP) is 1.96. The van der Waals surface area contributed by atoms with Crippen LogP contribution in [0, 0.1) is 0 Å². The first-order valence-corrected chi connectivity index (χ1v) is 3.20. The van der Waals surface area contributed by atoms with Crippen LogP contribution in [0.2, 0.25) is 0 Å². The van der Waals surface area contributed by atoms with Crippen molar-refractivity contribution in [3.8, 4) is 0 Å². The van der Waals surface area contributed by atoms with Gasteiger partial charge in [0.15, 0.2) is 0 Å². The molecule has 7 heavy (non-hydrogen) atoms. The molecule has 1 aliphatic rings. The van der Waals surface area contributed by atoms with Gasteiger partial charge in [-0.1, -0.05) is 6.92 Å². The van der Waals surface area contributed by atoms with E-state index < -0.39 is 0 Å². The maximum absolute atomic E-state index is 4.97. The molecule has 40 valence electrons. The lowest BCUT2D eigenvalue weighted by Gasteiger charge is -1.87. The molecule has 0 spiro atoms. The van der Waals surface area contributed by atoms with E-state index in [1.54, 1.807) is 0 Å². The quantitative estimate of drug-likeness (QED) is 0.484. The molecule has 0 aromatic carbocycles. The summed E-state index contributed by atoms with van der Waals surface area (Å²) in [5.74, 6) is 0. The molecule has 1 heterocycles. The van der Waals surface area contributed by atoms with E-state index in [4.69, 9.17) is 4.18 Å². The molecule has 0 saturated carbocycles. The zero-order valence-electron chi connectivity index (χ0n) is 4.31. The van der Waals surface area contributed by atoms with Gasteiger partial charge in [0.2, 0.25) is 0 Å². The second-order valence-electron chi connectivity index (χ2n) is 1.49. The lowest BCUT2D eigenvalue weighted by molar-refractivity contribution is 0.425. The van der Waals surface area contributed by atoms with Crippen molar-refractivity contribution in [2.45, 2.75) is 13.3 Å². The monoisotopic (exact) mass is 116 g/mol. The number of rotatable bonds is 1. The third-order valence-corrected chi connectivity index (χ3v) is 1.66. The van der Waals surface area contributed by atoms with Crippen LogP contribution >= 0.6 is 12.0 Å². The van der Waals surface area contributed by atoms with E-state index in [2.05, 4.69) is 12.3 Å². The average molecular weight is 116 g/mol. The summed E-state index contributed by atoms with van der Waals surface area (Å²) in [6, 6.07) is 0. The topological polar surface area (TPSA) is 9.23 Å². The normalized spacial score (nSPS) is 19.9. The van der Waals surface area contributed by atoms with Crippen LogP contribution < -0.4 is 0 Å². The smallest absolute Gasteiger partial charge is 0.0837 e. The van der Waals surface area contributed by atoms with Gasteiger partial charge in [-0.25, -0.2) is 0 Å². The van der Waals surface area contributed by atoms with Crippen molar-refractivity contribution in [3.05, 3.63) is 11.0 Å². The molecule has 0 N–H and O–H groups in total. The summed E-state index contributed by atoms with van der Waals surface area (Å²) in [6.45, 7) is 2.97. The first-order valence-electron chi connectivity index (χ1n) is 2.39. The SMILES string of the molecule is CCC1=CSOC1. The van der Waals surface area contributed by atoms with Crippen LogP contribution in [0.1, 0.15) is 13.3 Å². The van der Waals surface area contributed by atoms with Crippen LogP contribution in [0.25, 0.3) is 0 Å². The summed E-state index contributed by atoms with van der Waals surface area (Å²) in [5.41, 5.74) is 1.41. The minimum Gasteiger partial charge on any atom is -0.306 e. The van der Waals surface area contributed by atoms with Gasteiger partial charge in [-0.3, -0.25) is 0 Å². The van der Waals surface area contributed by atoms with Crippen LogP contribution in [-0.4, -0.2) is 6.61 Å². The highest BCUT2D eigenvalue weighted by Crippen LogP contribution is 2.20. The average Bonchev–Trinajstić information content (AvgIpc) is 2.14.